The van der Waals surface area contributed by atoms with Gasteiger partial charge in [0, 0.05) is 5.56 Å². The molecule has 0 bridgehead atoms. The van der Waals surface area contributed by atoms with E-state index in [4.69, 9.17) is 9.26 Å². The van der Waals surface area contributed by atoms with Gasteiger partial charge < -0.3 is 9.26 Å². The lowest BCUT2D eigenvalue weighted by molar-refractivity contribution is 0.0508. The fourth-order valence-corrected chi connectivity index (χ4v) is 1.94. The molecule has 0 atom stereocenters. The number of aromatic nitrogens is 2. The summed E-state index contributed by atoms with van der Waals surface area (Å²) in [5, 5.41) is 3.67. The SMILES string of the molecule is CCOC(=O)c1noc(-c2ccccc2C(C)(C)C)n1. The zero-order valence-electron chi connectivity index (χ0n) is 12.1. The molecule has 0 saturated carbocycles. The van der Waals surface area contributed by atoms with Crippen LogP contribution in [0.5, 0.6) is 0 Å². The van der Waals surface area contributed by atoms with Crippen LogP contribution in [0, 0.1) is 0 Å². The van der Waals surface area contributed by atoms with E-state index in [2.05, 4.69) is 30.9 Å². The lowest BCUT2D eigenvalue weighted by atomic mass is 9.84. The van der Waals surface area contributed by atoms with Crippen molar-refractivity contribution < 1.29 is 14.1 Å². The van der Waals surface area contributed by atoms with Crippen molar-refractivity contribution in [2.75, 3.05) is 6.61 Å². The average molecular weight is 274 g/mol. The van der Waals surface area contributed by atoms with Crippen LogP contribution in [0.2, 0.25) is 0 Å². The molecule has 0 radical (unpaired) electrons. The Hall–Kier alpha value is -2.17. The first-order chi connectivity index (χ1) is 9.43. The van der Waals surface area contributed by atoms with Crippen molar-refractivity contribution in [1.82, 2.24) is 10.1 Å². The van der Waals surface area contributed by atoms with Gasteiger partial charge in [-0.1, -0.05) is 39.0 Å². The van der Waals surface area contributed by atoms with Crippen LogP contribution >= 0.6 is 0 Å². The van der Waals surface area contributed by atoms with Gasteiger partial charge in [0.15, 0.2) is 0 Å². The molecule has 0 fully saturated rings. The molecule has 0 amide bonds. The van der Waals surface area contributed by atoms with E-state index in [0.717, 1.165) is 11.1 Å². The van der Waals surface area contributed by atoms with Gasteiger partial charge in [0.25, 0.3) is 11.7 Å². The molecular weight excluding hydrogens is 256 g/mol. The van der Waals surface area contributed by atoms with E-state index in [1.807, 2.05) is 24.3 Å². The Morgan fingerprint density at radius 2 is 2.00 bits per heavy atom. The van der Waals surface area contributed by atoms with Gasteiger partial charge >= 0.3 is 5.97 Å². The highest BCUT2D eigenvalue weighted by atomic mass is 16.5. The lowest BCUT2D eigenvalue weighted by Gasteiger charge is -2.21. The average Bonchev–Trinajstić information content (AvgIpc) is 2.87. The summed E-state index contributed by atoms with van der Waals surface area (Å²) in [6.07, 6.45) is 0. The van der Waals surface area contributed by atoms with Gasteiger partial charge in [-0.05, 0) is 29.1 Å². The number of nitrogens with zero attached hydrogens (tertiary/aromatic N) is 2. The zero-order valence-corrected chi connectivity index (χ0v) is 12.1. The summed E-state index contributed by atoms with van der Waals surface area (Å²) in [6.45, 7) is 8.33. The maximum atomic E-state index is 11.6. The van der Waals surface area contributed by atoms with Crippen LogP contribution in [0.3, 0.4) is 0 Å². The van der Waals surface area contributed by atoms with Crippen LogP contribution in [0.1, 0.15) is 43.9 Å². The molecule has 0 saturated heterocycles. The summed E-state index contributed by atoms with van der Waals surface area (Å²) in [7, 11) is 0. The highest BCUT2D eigenvalue weighted by molar-refractivity contribution is 5.85. The number of hydrogen-bond donors (Lipinski definition) is 0. The van der Waals surface area contributed by atoms with Crippen molar-refractivity contribution in [2.45, 2.75) is 33.1 Å². The second-order valence-electron chi connectivity index (χ2n) is 5.44. The Morgan fingerprint density at radius 3 is 2.65 bits per heavy atom. The first-order valence-corrected chi connectivity index (χ1v) is 6.54. The fraction of sp³-hybridized carbons (Fsp3) is 0.400. The third kappa shape index (κ3) is 2.87. The number of esters is 1. The first-order valence-electron chi connectivity index (χ1n) is 6.54. The molecule has 0 aliphatic rings. The predicted molar refractivity (Wildman–Crippen MR) is 74.4 cm³/mol. The molecule has 5 nitrogen and oxygen atoms in total. The molecule has 0 aliphatic heterocycles. The summed E-state index contributed by atoms with van der Waals surface area (Å²) in [4.78, 5) is 15.7. The number of carbonyl (C=O) groups excluding carboxylic acids is 1. The van der Waals surface area contributed by atoms with E-state index in [1.165, 1.54) is 0 Å². The minimum atomic E-state index is -0.573. The highest BCUT2D eigenvalue weighted by Crippen LogP contribution is 2.31. The van der Waals surface area contributed by atoms with Crippen molar-refractivity contribution in [3.8, 4) is 11.5 Å². The molecule has 5 heteroatoms. The molecular formula is C15H18N2O3. The Bertz CT molecular complexity index is 612. The Balaban J connectivity index is 2.41. The summed E-state index contributed by atoms with van der Waals surface area (Å²) >= 11 is 0. The van der Waals surface area contributed by atoms with E-state index in [1.54, 1.807) is 6.92 Å². The van der Waals surface area contributed by atoms with Crippen molar-refractivity contribution in [2.24, 2.45) is 0 Å². The molecule has 1 heterocycles. The predicted octanol–water partition coefficient (Wildman–Crippen LogP) is 3.21. The standard InChI is InChI=1S/C15H18N2O3/c1-5-19-14(18)12-16-13(20-17-12)10-8-6-7-9-11(10)15(2,3)4/h6-9H,5H2,1-4H3. The smallest absolute Gasteiger partial charge is 0.379 e. The second-order valence-corrected chi connectivity index (χ2v) is 5.44. The van der Waals surface area contributed by atoms with Crippen molar-refractivity contribution in [1.29, 1.82) is 0 Å². The molecule has 0 aliphatic carbocycles. The monoisotopic (exact) mass is 274 g/mol. The Morgan fingerprint density at radius 1 is 1.30 bits per heavy atom. The molecule has 1 aromatic carbocycles. The van der Waals surface area contributed by atoms with E-state index in [9.17, 15) is 4.79 Å². The van der Waals surface area contributed by atoms with E-state index in [0.29, 0.717) is 5.89 Å². The van der Waals surface area contributed by atoms with Crippen LogP contribution in [-0.2, 0) is 10.2 Å². The summed E-state index contributed by atoms with van der Waals surface area (Å²) in [6, 6.07) is 7.79. The molecule has 20 heavy (non-hydrogen) atoms. The van der Waals surface area contributed by atoms with Crippen molar-refractivity contribution in [3.05, 3.63) is 35.7 Å². The van der Waals surface area contributed by atoms with Crippen molar-refractivity contribution in [3.63, 3.8) is 0 Å². The van der Waals surface area contributed by atoms with Gasteiger partial charge in [0.05, 0.1) is 6.61 Å². The summed E-state index contributed by atoms with van der Waals surface area (Å²) in [5.74, 6) is -0.292. The molecule has 2 rings (SSSR count). The highest BCUT2D eigenvalue weighted by Gasteiger charge is 2.23. The van der Waals surface area contributed by atoms with Crippen LogP contribution in [0.4, 0.5) is 0 Å². The van der Waals surface area contributed by atoms with Gasteiger partial charge in [-0.25, -0.2) is 4.79 Å². The molecule has 0 unspecified atom stereocenters. The van der Waals surface area contributed by atoms with Gasteiger partial charge in [-0.2, -0.15) is 4.98 Å². The summed E-state index contributed by atoms with van der Waals surface area (Å²) in [5.41, 5.74) is 1.86. The van der Waals surface area contributed by atoms with Crippen LogP contribution in [0.15, 0.2) is 28.8 Å². The topological polar surface area (TPSA) is 65.2 Å². The minimum Gasteiger partial charge on any atom is -0.460 e. The van der Waals surface area contributed by atoms with Gasteiger partial charge in [0.1, 0.15) is 0 Å². The number of carbonyl (C=O) groups is 1. The van der Waals surface area contributed by atoms with E-state index in [-0.39, 0.29) is 17.8 Å². The van der Waals surface area contributed by atoms with Crippen LogP contribution in [0.25, 0.3) is 11.5 Å². The molecule has 2 aromatic rings. The summed E-state index contributed by atoms with van der Waals surface area (Å²) < 4.78 is 10.0. The molecule has 1 aromatic heterocycles. The molecule has 106 valence electrons. The van der Waals surface area contributed by atoms with Gasteiger partial charge in [-0.3, -0.25) is 0 Å². The fourth-order valence-electron chi connectivity index (χ4n) is 1.94. The van der Waals surface area contributed by atoms with Crippen LogP contribution < -0.4 is 0 Å². The van der Waals surface area contributed by atoms with Gasteiger partial charge in [0.2, 0.25) is 0 Å². The Labute approximate surface area is 118 Å². The van der Waals surface area contributed by atoms with E-state index < -0.39 is 5.97 Å². The van der Waals surface area contributed by atoms with Crippen molar-refractivity contribution >= 4 is 5.97 Å². The maximum Gasteiger partial charge on any atom is 0.379 e. The first kappa shape index (κ1) is 14.2. The maximum absolute atomic E-state index is 11.6. The molecule has 0 N–H and O–H groups in total. The number of benzene rings is 1. The zero-order chi connectivity index (χ0) is 14.8. The van der Waals surface area contributed by atoms with Crippen LogP contribution in [-0.4, -0.2) is 22.7 Å². The quantitative estimate of drug-likeness (QED) is 0.804. The Kier molecular flexibility index (Phi) is 3.88. The molecule has 0 spiro atoms. The third-order valence-corrected chi connectivity index (χ3v) is 2.85. The third-order valence-electron chi connectivity index (χ3n) is 2.85. The largest absolute Gasteiger partial charge is 0.460 e. The lowest BCUT2D eigenvalue weighted by Crippen LogP contribution is -2.12. The minimum absolute atomic E-state index is 0.0504. The van der Waals surface area contributed by atoms with Gasteiger partial charge in [-0.15, -0.1) is 0 Å². The second kappa shape index (κ2) is 5.45. The number of rotatable bonds is 3. The number of ether oxygens (including phenoxy) is 1. The normalized spacial score (nSPS) is 11.4. The van der Waals surface area contributed by atoms with E-state index >= 15 is 0 Å². The number of hydrogen-bond acceptors (Lipinski definition) is 5.